The van der Waals surface area contributed by atoms with Gasteiger partial charge < -0.3 is 19.5 Å². The van der Waals surface area contributed by atoms with Crippen LogP contribution in [-0.4, -0.2) is 41.0 Å². The molecule has 130 valence electrons. The largest absolute Gasteiger partial charge is 0.489 e. The van der Waals surface area contributed by atoms with Crippen LogP contribution in [0.2, 0.25) is 0 Å². The molecule has 0 aromatic heterocycles. The van der Waals surface area contributed by atoms with Crippen LogP contribution in [0, 0.1) is 0 Å². The van der Waals surface area contributed by atoms with Gasteiger partial charge in [0.2, 0.25) is 0 Å². The highest BCUT2D eigenvalue weighted by molar-refractivity contribution is 9.10. The lowest BCUT2D eigenvalue weighted by Gasteiger charge is -2.26. The molecule has 0 spiro atoms. The number of aliphatic hydroxyl groups is 1. The van der Waals surface area contributed by atoms with Gasteiger partial charge in [0.15, 0.2) is 0 Å². The van der Waals surface area contributed by atoms with Crippen molar-refractivity contribution in [3.05, 3.63) is 28.2 Å². The minimum atomic E-state index is -0.941. The summed E-state index contributed by atoms with van der Waals surface area (Å²) in [5.74, 6) is 0.616. The van der Waals surface area contributed by atoms with Gasteiger partial charge in [-0.15, -0.1) is 0 Å². The zero-order chi connectivity index (χ0) is 17.8. The number of hydrogen-bond donors (Lipinski definition) is 1. The highest BCUT2D eigenvalue weighted by atomic mass is 79.9. The molecule has 0 aliphatic heterocycles. The van der Waals surface area contributed by atoms with E-state index in [0.29, 0.717) is 12.3 Å². The number of rotatable bonds is 5. The van der Waals surface area contributed by atoms with Crippen LogP contribution in [0.3, 0.4) is 0 Å². The Balaban J connectivity index is 2.87. The monoisotopic (exact) mass is 387 g/mol. The van der Waals surface area contributed by atoms with Gasteiger partial charge in [-0.3, -0.25) is 0 Å². The fourth-order valence-electron chi connectivity index (χ4n) is 1.75. The van der Waals surface area contributed by atoms with Crippen LogP contribution in [0.1, 0.15) is 40.2 Å². The van der Waals surface area contributed by atoms with Gasteiger partial charge in [0, 0.05) is 12.6 Å². The summed E-state index contributed by atoms with van der Waals surface area (Å²) in [6.07, 6.45) is -0.397. The molecule has 1 aromatic rings. The summed E-state index contributed by atoms with van der Waals surface area (Å²) in [4.78, 5) is 13.6. The SMILES string of the molecule is CN(Cc1cccc(Br)c1OCC(C)(C)O)C(=O)OC(C)(C)C. The molecule has 1 N–H and O–H groups in total. The van der Waals surface area contributed by atoms with Gasteiger partial charge in [0.25, 0.3) is 0 Å². The van der Waals surface area contributed by atoms with Crippen molar-refractivity contribution in [3.63, 3.8) is 0 Å². The summed E-state index contributed by atoms with van der Waals surface area (Å²) in [6.45, 7) is 9.34. The van der Waals surface area contributed by atoms with E-state index in [4.69, 9.17) is 9.47 Å². The molecular formula is C17H26BrNO4. The third-order valence-corrected chi connectivity index (χ3v) is 3.36. The van der Waals surface area contributed by atoms with Gasteiger partial charge in [0.05, 0.1) is 16.6 Å². The fraction of sp³-hybridized carbons (Fsp3) is 0.588. The van der Waals surface area contributed by atoms with Crippen LogP contribution in [0.15, 0.2) is 22.7 Å². The number of hydrogen-bond acceptors (Lipinski definition) is 4. The predicted molar refractivity (Wildman–Crippen MR) is 93.6 cm³/mol. The van der Waals surface area contributed by atoms with Gasteiger partial charge in [-0.1, -0.05) is 12.1 Å². The predicted octanol–water partition coefficient (Wildman–Crippen LogP) is 3.97. The topological polar surface area (TPSA) is 59.0 Å². The normalized spacial score (nSPS) is 12.0. The average Bonchev–Trinajstić information content (AvgIpc) is 2.34. The van der Waals surface area contributed by atoms with E-state index in [1.165, 1.54) is 4.90 Å². The number of benzene rings is 1. The quantitative estimate of drug-likeness (QED) is 0.830. The van der Waals surface area contributed by atoms with Crippen molar-refractivity contribution in [2.24, 2.45) is 0 Å². The van der Waals surface area contributed by atoms with Crippen molar-refractivity contribution in [2.75, 3.05) is 13.7 Å². The number of ether oxygens (including phenoxy) is 2. The minimum absolute atomic E-state index is 0.152. The molecule has 0 unspecified atom stereocenters. The summed E-state index contributed by atoms with van der Waals surface area (Å²) in [5.41, 5.74) is -0.649. The lowest BCUT2D eigenvalue weighted by atomic mass is 10.1. The third kappa shape index (κ3) is 7.22. The Bertz CT molecular complexity index is 547. The fourth-order valence-corrected chi connectivity index (χ4v) is 2.27. The molecule has 6 heteroatoms. The van der Waals surface area contributed by atoms with Crippen LogP contribution >= 0.6 is 15.9 Å². The van der Waals surface area contributed by atoms with E-state index in [1.807, 2.05) is 39.0 Å². The van der Waals surface area contributed by atoms with Crippen molar-refractivity contribution < 1.29 is 19.4 Å². The smallest absolute Gasteiger partial charge is 0.410 e. The maximum Gasteiger partial charge on any atom is 0.410 e. The van der Waals surface area contributed by atoms with Crippen molar-refractivity contribution >= 4 is 22.0 Å². The zero-order valence-electron chi connectivity index (χ0n) is 14.6. The number of carbonyl (C=O) groups excluding carboxylic acids is 1. The zero-order valence-corrected chi connectivity index (χ0v) is 16.2. The Morgan fingerprint density at radius 2 is 1.87 bits per heavy atom. The van der Waals surface area contributed by atoms with Crippen LogP contribution in [-0.2, 0) is 11.3 Å². The molecule has 23 heavy (non-hydrogen) atoms. The molecule has 0 heterocycles. The summed E-state index contributed by atoms with van der Waals surface area (Å²) in [7, 11) is 1.68. The second-order valence-corrected chi connectivity index (χ2v) is 8.02. The molecule has 0 saturated heterocycles. The standard InChI is InChI=1S/C17H26BrNO4/c1-16(2,3)23-15(20)19(6)10-12-8-7-9-13(18)14(12)22-11-17(4,5)21/h7-9,21H,10-11H2,1-6H3. The first-order chi connectivity index (χ1) is 10.4. The molecule has 1 aromatic carbocycles. The van der Waals surface area contributed by atoms with E-state index in [-0.39, 0.29) is 6.61 Å². The lowest BCUT2D eigenvalue weighted by Crippen LogP contribution is -2.34. The Morgan fingerprint density at radius 1 is 1.26 bits per heavy atom. The van der Waals surface area contributed by atoms with Gasteiger partial charge >= 0.3 is 6.09 Å². The highest BCUT2D eigenvalue weighted by Crippen LogP contribution is 2.30. The highest BCUT2D eigenvalue weighted by Gasteiger charge is 2.22. The Hall–Kier alpha value is -1.27. The van der Waals surface area contributed by atoms with Crippen LogP contribution < -0.4 is 4.74 Å². The number of amides is 1. The van der Waals surface area contributed by atoms with Crippen molar-refractivity contribution in [1.82, 2.24) is 4.90 Å². The van der Waals surface area contributed by atoms with E-state index < -0.39 is 17.3 Å². The molecule has 1 amide bonds. The van der Waals surface area contributed by atoms with Crippen LogP contribution in [0.5, 0.6) is 5.75 Å². The van der Waals surface area contributed by atoms with E-state index in [2.05, 4.69) is 15.9 Å². The number of para-hydroxylation sites is 1. The molecule has 0 saturated carbocycles. The second-order valence-electron chi connectivity index (χ2n) is 7.17. The molecule has 0 radical (unpaired) electrons. The Morgan fingerprint density at radius 3 is 2.39 bits per heavy atom. The number of halogens is 1. The molecule has 0 aliphatic carbocycles. The summed E-state index contributed by atoms with van der Waals surface area (Å²) >= 11 is 3.45. The first kappa shape index (κ1) is 19.8. The average molecular weight is 388 g/mol. The van der Waals surface area contributed by atoms with E-state index >= 15 is 0 Å². The Kier molecular flexibility index (Phi) is 6.48. The maximum absolute atomic E-state index is 12.1. The molecule has 1 rings (SSSR count). The molecule has 0 bridgehead atoms. The second kappa shape index (κ2) is 7.53. The third-order valence-electron chi connectivity index (χ3n) is 2.73. The minimum Gasteiger partial charge on any atom is -0.489 e. The first-order valence-electron chi connectivity index (χ1n) is 7.46. The van der Waals surface area contributed by atoms with E-state index in [1.54, 1.807) is 20.9 Å². The van der Waals surface area contributed by atoms with Crippen molar-refractivity contribution in [1.29, 1.82) is 0 Å². The van der Waals surface area contributed by atoms with E-state index in [0.717, 1.165) is 10.0 Å². The molecular weight excluding hydrogens is 362 g/mol. The molecule has 5 nitrogen and oxygen atoms in total. The summed E-state index contributed by atoms with van der Waals surface area (Å²) < 4.78 is 11.9. The lowest BCUT2D eigenvalue weighted by molar-refractivity contribution is 0.0243. The maximum atomic E-state index is 12.1. The van der Waals surface area contributed by atoms with Gasteiger partial charge in [-0.2, -0.15) is 0 Å². The Labute approximate surface area is 146 Å². The van der Waals surface area contributed by atoms with Crippen molar-refractivity contribution in [2.45, 2.75) is 52.4 Å². The molecule has 0 aliphatic rings. The van der Waals surface area contributed by atoms with Gasteiger partial charge in [-0.25, -0.2) is 4.79 Å². The van der Waals surface area contributed by atoms with Gasteiger partial charge in [0.1, 0.15) is 18.0 Å². The van der Waals surface area contributed by atoms with Crippen LogP contribution in [0.25, 0.3) is 0 Å². The van der Waals surface area contributed by atoms with Gasteiger partial charge in [-0.05, 0) is 56.6 Å². The van der Waals surface area contributed by atoms with E-state index in [9.17, 15) is 9.90 Å². The number of nitrogens with zero attached hydrogens (tertiary/aromatic N) is 1. The summed E-state index contributed by atoms with van der Waals surface area (Å²) in [5, 5.41) is 9.83. The molecule has 0 fully saturated rings. The number of carbonyl (C=O) groups is 1. The molecule has 0 atom stereocenters. The van der Waals surface area contributed by atoms with Crippen molar-refractivity contribution in [3.8, 4) is 5.75 Å². The summed E-state index contributed by atoms with van der Waals surface area (Å²) in [6, 6.07) is 5.61. The van der Waals surface area contributed by atoms with Crippen LogP contribution in [0.4, 0.5) is 4.79 Å². The first-order valence-corrected chi connectivity index (χ1v) is 8.25.